The highest BCUT2D eigenvalue weighted by atomic mass is 35.5. The molecule has 1 amide bonds. The Hall–Kier alpha value is -0.650. The second-order valence-electron chi connectivity index (χ2n) is 4.99. The molecule has 2 rings (SSSR count). The van der Waals surface area contributed by atoms with E-state index in [1.165, 1.54) is 43.4 Å². The van der Waals surface area contributed by atoms with Crippen molar-refractivity contribution in [2.24, 2.45) is 11.7 Å². The molecule has 1 aliphatic rings. The predicted molar refractivity (Wildman–Crippen MR) is 80.8 cm³/mol. The molecule has 0 aromatic carbocycles. The largest absolute Gasteiger partial charge is 0.348 e. The van der Waals surface area contributed by atoms with Crippen LogP contribution in [0.2, 0.25) is 0 Å². The molecule has 0 radical (unpaired) electrons. The van der Waals surface area contributed by atoms with Crippen LogP contribution in [-0.4, -0.2) is 16.9 Å². The lowest BCUT2D eigenvalue weighted by atomic mass is 9.84. The lowest BCUT2D eigenvalue weighted by molar-refractivity contribution is 0.0914. The summed E-state index contributed by atoms with van der Waals surface area (Å²) in [4.78, 5) is 16.2. The smallest absolute Gasteiger partial charge is 0.270 e. The van der Waals surface area contributed by atoms with E-state index >= 15 is 0 Å². The maximum absolute atomic E-state index is 12.0. The maximum atomic E-state index is 12.0. The van der Waals surface area contributed by atoms with Gasteiger partial charge in [0.15, 0.2) is 0 Å². The van der Waals surface area contributed by atoms with Crippen molar-refractivity contribution < 1.29 is 4.79 Å². The van der Waals surface area contributed by atoms with Crippen molar-refractivity contribution >= 4 is 29.7 Å². The molecule has 0 bridgehead atoms. The topological polar surface area (TPSA) is 68.0 Å². The number of rotatable bonds is 4. The second kappa shape index (κ2) is 7.82. The van der Waals surface area contributed by atoms with Crippen molar-refractivity contribution in [3.05, 3.63) is 16.1 Å². The summed E-state index contributed by atoms with van der Waals surface area (Å²) < 4.78 is 0. The predicted octanol–water partition coefficient (Wildman–Crippen LogP) is 2.72. The fraction of sp³-hybridized carbons (Fsp3) is 0.692. The summed E-state index contributed by atoms with van der Waals surface area (Å²) >= 11 is 1.44. The Morgan fingerprint density at radius 3 is 2.79 bits per heavy atom. The number of nitrogens with zero attached hydrogens (tertiary/aromatic N) is 1. The Morgan fingerprint density at radius 1 is 1.53 bits per heavy atom. The van der Waals surface area contributed by atoms with Gasteiger partial charge in [-0.25, -0.2) is 4.98 Å². The highest BCUT2D eigenvalue weighted by Gasteiger charge is 2.22. The first kappa shape index (κ1) is 16.4. The summed E-state index contributed by atoms with van der Waals surface area (Å²) in [5.41, 5.74) is 6.00. The van der Waals surface area contributed by atoms with Crippen LogP contribution in [0.3, 0.4) is 0 Å². The van der Waals surface area contributed by atoms with Gasteiger partial charge in [0.25, 0.3) is 5.91 Å². The van der Waals surface area contributed by atoms with E-state index in [-0.39, 0.29) is 24.4 Å². The number of thiazole rings is 1. The van der Waals surface area contributed by atoms with E-state index in [9.17, 15) is 4.79 Å². The van der Waals surface area contributed by atoms with Crippen LogP contribution in [0.5, 0.6) is 0 Å². The van der Waals surface area contributed by atoms with Crippen LogP contribution in [0.1, 0.15) is 54.5 Å². The van der Waals surface area contributed by atoms with Crippen LogP contribution in [0, 0.1) is 5.92 Å². The first-order valence-corrected chi connectivity index (χ1v) is 7.54. The number of halogens is 1. The van der Waals surface area contributed by atoms with Crippen molar-refractivity contribution in [1.82, 2.24) is 10.3 Å². The third-order valence-corrected chi connectivity index (χ3v) is 4.55. The van der Waals surface area contributed by atoms with Crippen LogP contribution >= 0.6 is 23.7 Å². The molecule has 1 aromatic heterocycles. The lowest BCUT2D eigenvalue weighted by Gasteiger charge is -2.28. The molecular formula is C13H22ClN3OS. The van der Waals surface area contributed by atoms with Crippen LogP contribution in [-0.2, 0) is 6.54 Å². The van der Waals surface area contributed by atoms with Crippen molar-refractivity contribution in [1.29, 1.82) is 0 Å². The molecule has 6 heteroatoms. The quantitative estimate of drug-likeness (QED) is 0.898. The number of nitrogens with one attached hydrogen (secondary N) is 1. The molecule has 1 atom stereocenters. The molecule has 3 N–H and O–H groups in total. The summed E-state index contributed by atoms with van der Waals surface area (Å²) in [5.74, 6) is 0.555. The van der Waals surface area contributed by atoms with Gasteiger partial charge in [-0.3, -0.25) is 4.79 Å². The van der Waals surface area contributed by atoms with E-state index in [2.05, 4.69) is 17.2 Å². The minimum atomic E-state index is -0.0657. The van der Waals surface area contributed by atoms with Crippen LogP contribution < -0.4 is 11.1 Å². The Bertz CT molecular complexity index is 404. The van der Waals surface area contributed by atoms with Crippen LogP contribution in [0.15, 0.2) is 5.38 Å². The van der Waals surface area contributed by atoms with Crippen LogP contribution in [0.4, 0.5) is 0 Å². The van der Waals surface area contributed by atoms with Gasteiger partial charge in [0.05, 0.1) is 0 Å². The highest BCUT2D eigenvalue weighted by Crippen LogP contribution is 2.26. The molecular weight excluding hydrogens is 282 g/mol. The third-order valence-electron chi connectivity index (χ3n) is 3.67. The number of nitrogens with two attached hydrogens (primary N) is 1. The molecule has 19 heavy (non-hydrogen) atoms. The Kier molecular flexibility index (Phi) is 6.75. The van der Waals surface area contributed by atoms with Gasteiger partial charge in [-0.2, -0.15) is 0 Å². The van der Waals surface area contributed by atoms with Crippen molar-refractivity contribution in [2.45, 2.75) is 51.6 Å². The minimum absolute atomic E-state index is 0. The Morgan fingerprint density at radius 2 is 2.21 bits per heavy atom. The Balaban J connectivity index is 0.00000180. The van der Waals surface area contributed by atoms with Crippen LogP contribution in [0.25, 0.3) is 0 Å². The number of aromatic nitrogens is 1. The molecule has 1 saturated carbocycles. The van der Waals surface area contributed by atoms with E-state index in [0.717, 1.165) is 5.01 Å². The zero-order valence-electron chi connectivity index (χ0n) is 11.2. The van der Waals surface area contributed by atoms with Gasteiger partial charge in [0, 0.05) is 18.0 Å². The average Bonchev–Trinajstić information content (AvgIpc) is 2.88. The van der Waals surface area contributed by atoms with Crippen molar-refractivity contribution in [3.63, 3.8) is 0 Å². The summed E-state index contributed by atoms with van der Waals surface area (Å²) in [5, 5.41) is 5.66. The molecule has 0 spiro atoms. The fourth-order valence-electron chi connectivity index (χ4n) is 2.54. The lowest BCUT2D eigenvalue weighted by Crippen LogP contribution is -2.39. The normalized spacial score (nSPS) is 17.6. The molecule has 1 unspecified atom stereocenters. The van der Waals surface area contributed by atoms with Gasteiger partial charge >= 0.3 is 0 Å². The Labute approximate surface area is 124 Å². The van der Waals surface area contributed by atoms with E-state index in [1.807, 2.05) is 0 Å². The maximum Gasteiger partial charge on any atom is 0.270 e. The van der Waals surface area contributed by atoms with Gasteiger partial charge in [-0.05, 0) is 25.7 Å². The molecule has 0 aliphatic heterocycles. The monoisotopic (exact) mass is 303 g/mol. The number of hydrogen-bond acceptors (Lipinski definition) is 4. The molecule has 1 aliphatic carbocycles. The van der Waals surface area contributed by atoms with Gasteiger partial charge in [-0.15, -0.1) is 23.7 Å². The minimum Gasteiger partial charge on any atom is -0.348 e. The van der Waals surface area contributed by atoms with E-state index < -0.39 is 0 Å². The first-order chi connectivity index (χ1) is 8.70. The summed E-state index contributed by atoms with van der Waals surface area (Å²) in [6.07, 6.45) is 6.38. The van der Waals surface area contributed by atoms with E-state index in [0.29, 0.717) is 18.2 Å². The molecule has 4 nitrogen and oxygen atoms in total. The highest BCUT2D eigenvalue weighted by molar-refractivity contribution is 7.09. The molecule has 1 aromatic rings. The van der Waals surface area contributed by atoms with E-state index in [4.69, 9.17) is 5.73 Å². The zero-order chi connectivity index (χ0) is 13.0. The molecule has 0 saturated heterocycles. The fourth-order valence-corrected chi connectivity index (χ4v) is 3.20. The summed E-state index contributed by atoms with van der Waals surface area (Å²) in [6.45, 7) is 2.50. The molecule has 108 valence electrons. The molecule has 1 fully saturated rings. The number of amides is 1. The standard InChI is InChI=1S/C13H21N3OS.ClH/c1-9(10-5-3-2-4-6-10)15-13(17)11-8-18-12(7-14)16-11;/h8-10H,2-7,14H2,1H3,(H,15,17);1H. The van der Waals surface area contributed by atoms with Gasteiger partial charge < -0.3 is 11.1 Å². The summed E-state index contributed by atoms with van der Waals surface area (Å²) in [6, 6.07) is 0.237. The van der Waals surface area contributed by atoms with Gasteiger partial charge in [0.1, 0.15) is 10.7 Å². The van der Waals surface area contributed by atoms with Gasteiger partial charge in [-0.1, -0.05) is 19.3 Å². The second-order valence-corrected chi connectivity index (χ2v) is 5.93. The summed E-state index contributed by atoms with van der Waals surface area (Å²) in [7, 11) is 0. The van der Waals surface area contributed by atoms with Crippen molar-refractivity contribution in [3.8, 4) is 0 Å². The SMILES string of the molecule is CC(NC(=O)c1csc(CN)n1)C1CCCCC1.Cl. The van der Waals surface area contributed by atoms with Crippen molar-refractivity contribution in [2.75, 3.05) is 0 Å². The number of carbonyl (C=O) groups excluding carboxylic acids is 1. The average molecular weight is 304 g/mol. The number of carbonyl (C=O) groups is 1. The number of hydrogen-bond donors (Lipinski definition) is 2. The molecule has 1 heterocycles. The zero-order valence-corrected chi connectivity index (χ0v) is 12.9. The third kappa shape index (κ3) is 4.44. The van der Waals surface area contributed by atoms with Gasteiger partial charge in [0.2, 0.25) is 0 Å². The first-order valence-electron chi connectivity index (χ1n) is 6.66. The van der Waals surface area contributed by atoms with E-state index in [1.54, 1.807) is 5.38 Å².